The van der Waals surface area contributed by atoms with Crippen LogP contribution in [0.15, 0.2) is 0 Å². The quantitative estimate of drug-likeness (QED) is 0.737. The summed E-state index contributed by atoms with van der Waals surface area (Å²) < 4.78 is 5.60. The molecule has 2 unspecified atom stereocenters. The fourth-order valence-corrected chi connectivity index (χ4v) is 2.70. The molecule has 0 aliphatic rings. The van der Waals surface area contributed by atoms with Gasteiger partial charge in [0.25, 0.3) is 0 Å². The second-order valence-corrected chi connectivity index (χ2v) is 7.01. The Morgan fingerprint density at radius 1 is 1.06 bits per heavy atom. The second kappa shape index (κ2) is 6.36. The molecule has 0 aliphatic carbocycles. The molecule has 0 rings (SSSR count). The highest BCUT2D eigenvalue weighted by atomic mass is 16.5. The normalized spacial score (nSPS) is 18.5. The summed E-state index contributed by atoms with van der Waals surface area (Å²) in [7, 11) is 2.04. The fraction of sp³-hybridized carbons (Fsp3) is 1.00. The maximum atomic E-state index is 5.60. The van der Waals surface area contributed by atoms with Gasteiger partial charge >= 0.3 is 0 Å². The van der Waals surface area contributed by atoms with E-state index in [1.54, 1.807) is 0 Å². The highest BCUT2D eigenvalue weighted by Gasteiger charge is 2.45. The van der Waals surface area contributed by atoms with Crippen LogP contribution in [0.4, 0.5) is 0 Å². The zero-order valence-electron chi connectivity index (χ0n) is 13.9. The number of nitrogens with one attached hydrogen (secondary N) is 2. The molecule has 0 aromatic heterocycles. The standard InChI is InChI=1S/C15H34N2O/c1-10-18-11-12(2)15(8,16-9)14(6,7)17-13(3,4)5/h12,16-17H,10-11H2,1-9H3. The van der Waals surface area contributed by atoms with Crippen molar-refractivity contribution in [3.8, 4) is 0 Å². The van der Waals surface area contributed by atoms with Crippen molar-refractivity contribution in [3.63, 3.8) is 0 Å². The highest BCUT2D eigenvalue weighted by molar-refractivity contribution is 5.07. The van der Waals surface area contributed by atoms with E-state index in [0.29, 0.717) is 5.92 Å². The summed E-state index contributed by atoms with van der Waals surface area (Å²) in [5.74, 6) is 0.423. The third-order valence-corrected chi connectivity index (χ3v) is 4.06. The van der Waals surface area contributed by atoms with Gasteiger partial charge in [0.2, 0.25) is 0 Å². The third kappa shape index (κ3) is 4.52. The van der Waals surface area contributed by atoms with E-state index in [2.05, 4.69) is 59.1 Å². The minimum atomic E-state index is -0.0323. The Bertz CT molecular complexity index is 245. The Morgan fingerprint density at radius 2 is 1.56 bits per heavy atom. The first-order chi connectivity index (χ1) is 8.00. The van der Waals surface area contributed by atoms with Crippen molar-refractivity contribution in [1.82, 2.24) is 10.6 Å². The Morgan fingerprint density at radius 3 is 1.89 bits per heavy atom. The van der Waals surface area contributed by atoms with Crippen molar-refractivity contribution < 1.29 is 4.74 Å². The lowest BCUT2D eigenvalue weighted by molar-refractivity contribution is 0.0318. The lowest BCUT2D eigenvalue weighted by atomic mass is 9.71. The molecule has 0 heterocycles. The minimum Gasteiger partial charge on any atom is -0.381 e. The summed E-state index contributed by atoms with van der Waals surface area (Å²) in [5, 5.41) is 7.23. The van der Waals surface area contributed by atoms with Crippen LogP contribution in [0.25, 0.3) is 0 Å². The molecule has 0 aromatic carbocycles. The van der Waals surface area contributed by atoms with E-state index in [-0.39, 0.29) is 16.6 Å². The van der Waals surface area contributed by atoms with E-state index >= 15 is 0 Å². The predicted molar refractivity (Wildman–Crippen MR) is 80.1 cm³/mol. The van der Waals surface area contributed by atoms with Gasteiger partial charge in [0, 0.05) is 23.2 Å². The number of likely N-dealkylation sites (N-methyl/N-ethyl adjacent to an activating group) is 1. The number of hydrogen-bond acceptors (Lipinski definition) is 3. The summed E-state index contributed by atoms with van der Waals surface area (Å²) >= 11 is 0. The molecular formula is C15H34N2O. The molecule has 0 spiro atoms. The minimum absolute atomic E-state index is 0.0312. The van der Waals surface area contributed by atoms with Crippen LogP contribution in [-0.2, 0) is 4.74 Å². The average molecular weight is 258 g/mol. The van der Waals surface area contributed by atoms with Gasteiger partial charge in [0.1, 0.15) is 0 Å². The van der Waals surface area contributed by atoms with Crippen molar-refractivity contribution >= 4 is 0 Å². The Hall–Kier alpha value is -0.120. The first-order valence-electron chi connectivity index (χ1n) is 7.06. The van der Waals surface area contributed by atoms with E-state index in [1.165, 1.54) is 0 Å². The van der Waals surface area contributed by atoms with E-state index in [1.807, 2.05) is 14.0 Å². The Labute approximate surface area is 114 Å². The molecular weight excluding hydrogens is 224 g/mol. The molecule has 3 heteroatoms. The fourth-order valence-electron chi connectivity index (χ4n) is 2.70. The molecule has 0 amide bonds. The molecule has 110 valence electrons. The molecule has 2 atom stereocenters. The summed E-state index contributed by atoms with van der Waals surface area (Å²) in [6.45, 7) is 19.3. The lowest BCUT2D eigenvalue weighted by Crippen LogP contribution is -2.70. The number of ether oxygens (including phenoxy) is 1. The maximum Gasteiger partial charge on any atom is 0.0509 e. The van der Waals surface area contributed by atoms with Crippen molar-refractivity contribution in [1.29, 1.82) is 0 Å². The number of rotatable bonds is 7. The van der Waals surface area contributed by atoms with Crippen LogP contribution >= 0.6 is 0 Å². The molecule has 0 bridgehead atoms. The molecule has 0 fully saturated rings. The van der Waals surface area contributed by atoms with Gasteiger partial charge in [-0.2, -0.15) is 0 Å². The van der Waals surface area contributed by atoms with E-state index in [9.17, 15) is 0 Å². The topological polar surface area (TPSA) is 33.3 Å². The van der Waals surface area contributed by atoms with Gasteiger partial charge in [-0.1, -0.05) is 6.92 Å². The van der Waals surface area contributed by atoms with Crippen LogP contribution in [0.3, 0.4) is 0 Å². The monoisotopic (exact) mass is 258 g/mol. The van der Waals surface area contributed by atoms with Crippen LogP contribution in [0.5, 0.6) is 0 Å². The van der Waals surface area contributed by atoms with Crippen molar-refractivity contribution in [3.05, 3.63) is 0 Å². The second-order valence-electron chi connectivity index (χ2n) is 7.01. The zero-order chi connectivity index (χ0) is 14.6. The van der Waals surface area contributed by atoms with Gasteiger partial charge in [-0.15, -0.1) is 0 Å². The Balaban J connectivity index is 5.00. The lowest BCUT2D eigenvalue weighted by Gasteiger charge is -2.51. The molecule has 0 saturated carbocycles. The molecule has 0 aliphatic heterocycles. The van der Waals surface area contributed by atoms with Gasteiger partial charge in [-0.25, -0.2) is 0 Å². The van der Waals surface area contributed by atoms with E-state index in [4.69, 9.17) is 4.74 Å². The largest absolute Gasteiger partial charge is 0.381 e. The van der Waals surface area contributed by atoms with Gasteiger partial charge < -0.3 is 15.4 Å². The van der Waals surface area contributed by atoms with Gasteiger partial charge in [-0.3, -0.25) is 0 Å². The average Bonchev–Trinajstić information content (AvgIpc) is 2.20. The molecule has 2 N–H and O–H groups in total. The van der Waals surface area contributed by atoms with Crippen molar-refractivity contribution in [2.75, 3.05) is 20.3 Å². The third-order valence-electron chi connectivity index (χ3n) is 4.06. The SMILES string of the molecule is CCOCC(C)C(C)(NC)C(C)(C)NC(C)(C)C. The summed E-state index contributed by atoms with van der Waals surface area (Å²) in [6.07, 6.45) is 0. The van der Waals surface area contributed by atoms with Crippen molar-refractivity contribution in [2.45, 2.75) is 72.0 Å². The van der Waals surface area contributed by atoms with Crippen LogP contribution in [0, 0.1) is 5.92 Å². The van der Waals surface area contributed by atoms with Crippen LogP contribution < -0.4 is 10.6 Å². The Kier molecular flexibility index (Phi) is 6.31. The summed E-state index contributed by atoms with van der Waals surface area (Å²) in [5.41, 5.74) is 0.0267. The predicted octanol–water partition coefficient (Wildman–Crippen LogP) is 2.80. The molecule has 18 heavy (non-hydrogen) atoms. The molecule has 3 nitrogen and oxygen atoms in total. The molecule has 0 saturated heterocycles. The maximum absolute atomic E-state index is 5.60. The summed E-state index contributed by atoms with van der Waals surface area (Å²) in [4.78, 5) is 0. The number of hydrogen-bond donors (Lipinski definition) is 2. The smallest absolute Gasteiger partial charge is 0.0509 e. The van der Waals surface area contributed by atoms with Crippen LogP contribution in [0.1, 0.15) is 55.4 Å². The zero-order valence-corrected chi connectivity index (χ0v) is 13.9. The first-order valence-corrected chi connectivity index (χ1v) is 7.06. The molecule has 0 aromatic rings. The first kappa shape index (κ1) is 17.9. The summed E-state index contributed by atoms with van der Waals surface area (Å²) in [6, 6.07) is 0. The van der Waals surface area contributed by atoms with Gasteiger partial charge in [0.05, 0.1) is 6.61 Å². The van der Waals surface area contributed by atoms with Gasteiger partial charge in [-0.05, 0) is 61.4 Å². The van der Waals surface area contributed by atoms with E-state index < -0.39 is 0 Å². The van der Waals surface area contributed by atoms with Crippen LogP contribution in [-0.4, -0.2) is 36.9 Å². The van der Waals surface area contributed by atoms with Crippen LogP contribution in [0.2, 0.25) is 0 Å². The van der Waals surface area contributed by atoms with Crippen molar-refractivity contribution in [2.24, 2.45) is 5.92 Å². The van der Waals surface area contributed by atoms with Gasteiger partial charge in [0.15, 0.2) is 0 Å². The highest BCUT2D eigenvalue weighted by Crippen LogP contribution is 2.31. The van der Waals surface area contributed by atoms with E-state index in [0.717, 1.165) is 13.2 Å². The molecule has 0 radical (unpaired) electrons.